The number of methoxy groups -OCH3 is 1. The number of aromatic amines is 1. The molecule has 1 aromatic heterocycles. The van der Waals surface area contributed by atoms with Gasteiger partial charge < -0.3 is 14.8 Å². The lowest BCUT2D eigenvalue weighted by molar-refractivity contribution is 0.0924. The van der Waals surface area contributed by atoms with E-state index in [0.29, 0.717) is 12.2 Å². The molecule has 1 atom stereocenters. The van der Waals surface area contributed by atoms with Gasteiger partial charge in [-0.15, -0.1) is 0 Å². The highest BCUT2D eigenvalue weighted by atomic mass is 16.5. The molecule has 1 aliphatic heterocycles. The average Bonchev–Trinajstić information content (AvgIpc) is 3.01. The monoisotopic (exact) mass is 273 g/mol. The zero-order valence-corrected chi connectivity index (χ0v) is 11.1. The van der Waals surface area contributed by atoms with E-state index in [9.17, 15) is 4.79 Å². The Balaban J connectivity index is 1.84. The largest absolute Gasteiger partial charge is 0.497 e. The predicted octanol–water partition coefficient (Wildman–Crippen LogP) is 1.67. The Bertz CT molecular complexity index is 610. The Labute approximate surface area is 116 Å². The number of aromatic nitrogens is 2. The van der Waals surface area contributed by atoms with Crippen molar-refractivity contribution in [1.29, 1.82) is 0 Å². The first-order chi connectivity index (χ1) is 9.78. The number of ether oxygens (including phenoxy) is 2. The minimum atomic E-state index is -0.153. The number of fused-ring (bicyclic) bond motifs is 1. The normalized spacial score (nSPS) is 16.9. The van der Waals surface area contributed by atoms with Crippen molar-refractivity contribution in [3.05, 3.63) is 41.7 Å². The molecule has 1 aliphatic rings. The second-order valence-electron chi connectivity index (χ2n) is 4.55. The lowest BCUT2D eigenvalue weighted by Crippen LogP contribution is -2.32. The van der Waals surface area contributed by atoms with Gasteiger partial charge in [0, 0.05) is 18.2 Å². The summed E-state index contributed by atoms with van der Waals surface area (Å²) in [7, 11) is 1.62. The Morgan fingerprint density at radius 2 is 2.45 bits per heavy atom. The van der Waals surface area contributed by atoms with Crippen LogP contribution in [0, 0.1) is 0 Å². The van der Waals surface area contributed by atoms with Gasteiger partial charge in [0.2, 0.25) is 0 Å². The quantitative estimate of drug-likeness (QED) is 0.892. The fraction of sp³-hybridized carbons (Fsp3) is 0.286. The number of nitrogens with one attached hydrogen (secondary N) is 2. The van der Waals surface area contributed by atoms with E-state index < -0.39 is 0 Å². The summed E-state index contributed by atoms with van der Waals surface area (Å²) < 4.78 is 10.8. The molecule has 6 heteroatoms. The molecule has 0 spiro atoms. The first-order valence-corrected chi connectivity index (χ1v) is 6.38. The van der Waals surface area contributed by atoms with Crippen LogP contribution >= 0.6 is 0 Å². The highest BCUT2D eigenvalue weighted by Gasteiger charge is 2.24. The molecule has 0 aliphatic carbocycles. The van der Waals surface area contributed by atoms with Crippen molar-refractivity contribution >= 4 is 5.91 Å². The van der Waals surface area contributed by atoms with Crippen LogP contribution in [0.5, 0.6) is 11.5 Å². The number of hydrogen-bond donors (Lipinski definition) is 2. The second-order valence-corrected chi connectivity index (χ2v) is 4.55. The van der Waals surface area contributed by atoms with Gasteiger partial charge in [0.15, 0.2) is 0 Å². The standard InChI is InChI=1S/C14H15N3O3/c1-19-10-2-3-13-11(6-10)12(4-5-20-13)17-14(18)9-7-15-16-8-9/h2-3,6-8,12H,4-5H2,1H3,(H,15,16)(H,17,18)/t12-/m0/s1. The number of H-pyrrole nitrogens is 1. The van der Waals surface area contributed by atoms with Crippen molar-refractivity contribution in [1.82, 2.24) is 15.5 Å². The van der Waals surface area contributed by atoms with E-state index in [4.69, 9.17) is 9.47 Å². The van der Waals surface area contributed by atoms with Crippen LogP contribution in [0.1, 0.15) is 28.4 Å². The number of amides is 1. The molecule has 2 N–H and O–H groups in total. The number of hydrogen-bond acceptors (Lipinski definition) is 4. The topological polar surface area (TPSA) is 76.2 Å². The summed E-state index contributed by atoms with van der Waals surface area (Å²) >= 11 is 0. The lowest BCUT2D eigenvalue weighted by Gasteiger charge is -2.27. The zero-order chi connectivity index (χ0) is 13.9. The molecular formula is C14H15N3O3. The summed E-state index contributed by atoms with van der Waals surface area (Å²) in [5.74, 6) is 1.38. The van der Waals surface area contributed by atoms with Gasteiger partial charge in [-0.1, -0.05) is 0 Å². The van der Waals surface area contributed by atoms with E-state index in [1.54, 1.807) is 13.3 Å². The highest BCUT2D eigenvalue weighted by Crippen LogP contribution is 2.34. The maximum Gasteiger partial charge on any atom is 0.254 e. The lowest BCUT2D eigenvalue weighted by atomic mass is 10.00. The molecule has 0 bridgehead atoms. The van der Waals surface area contributed by atoms with Gasteiger partial charge in [-0.05, 0) is 18.2 Å². The van der Waals surface area contributed by atoms with E-state index >= 15 is 0 Å². The molecule has 0 saturated heterocycles. The molecule has 1 amide bonds. The van der Waals surface area contributed by atoms with Gasteiger partial charge >= 0.3 is 0 Å². The smallest absolute Gasteiger partial charge is 0.254 e. The van der Waals surface area contributed by atoms with Crippen LogP contribution in [0.2, 0.25) is 0 Å². The minimum absolute atomic E-state index is 0.0868. The van der Waals surface area contributed by atoms with Gasteiger partial charge in [0.1, 0.15) is 11.5 Å². The molecule has 2 heterocycles. The van der Waals surface area contributed by atoms with Crippen molar-refractivity contribution < 1.29 is 14.3 Å². The molecule has 1 aromatic carbocycles. The Morgan fingerprint density at radius 1 is 1.55 bits per heavy atom. The summed E-state index contributed by atoms with van der Waals surface area (Å²) in [6, 6.07) is 5.52. The molecule has 0 radical (unpaired) electrons. The second kappa shape index (κ2) is 5.24. The Morgan fingerprint density at radius 3 is 3.20 bits per heavy atom. The van der Waals surface area contributed by atoms with Crippen LogP contribution in [-0.4, -0.2) is 29.8 Å². The Hall–Kier alpha value is -2.50. The van der Waals surface area contributed by atoms with Gasteiger partial charge in [-0.25, -0.2) is 0 Å². The van der Waals surface area contributed by atoms with Crippen LogP contribution < -0.4 is 14.8 Å². The molecule has 104 valence electrons. The third-order valence-corrected chi connectivity index (χ3v) is 3.32. The van der Waals surface area contributed by atoms with Gasteiger partial charge in [0.25, 0.3) is 5.91 Å². The van der Waals surface area contributed by atoms with E-state index in [-0.39, 0.29) is 11.9 Å². The number of carbonyl (C=O) groups excluding carboxylic acids is 1. The fourth-order valence-electron chi connectivity index (χ4n) is 2.27. The van der Waals surface area contributed by atoms with E-state index in [2.05, 4.69) is 15.5 Å². The first kappa shape index (κ1) is 12.5. The molecule has 3 rings (SSSR count). The van der Waals surface area contributed by atoms with Gasteiger partial charge in [0.05, 0.1) is 31.5 Å². The molecular weight excluding hydrogens is 258 g/mol. The van der Waals surface area contributed by atoms with Crippen LogP contribution in [0.25, 0.3) is 0 Å². The summed E-state index contributed by atoms with van der Waals surface area (Å²) in [6.45, 7) is 0.579. The van der Waals surface area contributed by atoms with Crippen LogP contribution in [-0.2, 0) is 0 Å². The molecule has 6 nitrogen and oxygen atoms in total. The van der Waals surface area contributed by atoms with Gasteiger partial charge in [-0.3, -0.25) is 9.89 Å². The Kier molecular flexibility index (Phi) is 3.28. The highest BCUT2D eigenvalue weighted by molar-refractivity contribution is 5.93. The van der Waals surface area contributed by atoms with Gasteiger partial charge in [-0.2, -0.15) is 5.10 Å². The third kappa shape index (κ3) is 2.32. The van der Waals surface area contributed by atoms with E-state index in [1.165, 1.54) is 6.20 Å². The number of rotatable bonds is 3. The average molecular weight is 273 g/mol. The minimum Gasteiger partial charge on any atom is -0.497 e. The van der Waals surface area contributed by atoms with Crippen molar-refractivity contribution in [2.24, 2.45) is 0 Å². The maximum absolute atomic E-state index is 12.1. The van der Waals surface area contributed by atoms with E-state index in [0.717, 1.165) is 23.5 Å². The van der Waals surface area contributed by atoms with Crippen molar-refractivity contribution in [3.63, 3.8) is 0 Å². The van der Waals surface area contributed by atoms with Crippen LogP contribution in [0.3, 0.4) is 0 Å². The van der Waals surface area contributed by atoms with Crippen molar-refractivity contribution in [2.75, 3.05) is 13.7 Å². The first-order valence-electron chi connectivity index (χ1n) is 6.38. The van der Waals surface area contributed by atoms with Crippen LogP contribution in [0.15, 0.2) is 30.6 Å². The predicted molar refractivity (Wildman–Crippen MR) is 71.9 cm³/mol. The fourth-order valence-corrected chi connectivity index (χ4v) is 2.27. The van der Waals surface area contributed by atoms with E-state index in [1.807, 2.05) is 18.2 Å². The molecule has 0 unspecified atom stereocenters. The molecule has 0 saturated carbocycles. The molecule has 2 aromatic rings. The summed E-state index contributed by atoms with van der Waals surface area (Å²) in [5, 5.41) is 9.40. The van der Waals surface area contributed by atoms with Crippen LogP contribution in [0.4, 0.5) is 0 Å². The van der Waals surface area contributed by atoms with Crippen molar-refractivity contribution in [3.8, 4) is 11.5 Å². The SMILES string of the molecule is COc1ccc2c(c1)[C@@H](NC(=O)c1cn[nH]c1)CCO2. The summed E-state index contributed by atoms with van der Waals surface area (Å²) in [4.78, 5) is 12.1. The number of benzene rings is 1. The summed E-state index contributed by atoms with van der Waals surface area (Å²) in [6.07, 6.45) is 3.80. The maximum atomic E-state index is 12.1. The number of nitrogens with zero attached hydrogens (tertiary/aromatic N) is 1. The molecule has 0 fully saturated rings. The third-order valence-electron chi connectivity index (χ3n) is 3.32. The summed E-state index contributed by atoms with van der Waals surface area (Å²) in [5.41, 5.74) is 1.45. The molecule has 20 heavy (non-hydrogen) atoms. The zero-order valence-electron chi connectivity index (χ0n) is 11.1. The van der Waals surface area contributed by atoms with Crippen molar-refractivity contribution in [2.45, 2.75) is 12.5 Å². The number of carbonyl (C=O) groups is 1.